The first-order chi connectivity index (χ1) is 13.7. The standard InChI is InChI=1S/C24H24N2O2/c1-18-14-21-22(15-19(18)2)26(17-25-21)12-13-27-23-10-6-7-11-24(23)28-16-20-8-4-3-5-9-20/h3-11,14-15,17H,12-13,16H2,1-2H3. The summed E-state index contributed by atoms with van der Waals surface area (Å²) in [7, 11) is 0. The molecule has 28 heavy (non-hydrogen) atoms. The molecule has 1 heterocycles. The molecule has 0 atom stereocenters. The van der Waals surface area contributed by atoms with Gasteiger partial charge in [-0.05, 0) is 54.8 Å². The summed E-state index contributed by atoms with van der Waals surface area (Å²) in [4.78, 5) is 4.51. The molecule has 4 nitrogen and oxygen atoms in total. The molecule has 0 aliphatic heterocycles. The third-order valence-corrected chi connectivity index (χ3v) is 4.91. The van der Waals surface area contributed by atoms with Crippen LogP contribution in [0.3, 0.4) is 0 Å². The van der Waals surface area contributed by atoms with Crippen LogP contribution in [0.25, 0.3) is 11.0 Å². The first-order valence-electron chi connectivity index (χ1n) is 9.51. The Bertz CT molecular complexity index is 1070. The van der Waals surface area contributed by atoms with E-state index < -0.39 is 0 Å². The van der Waals surface area contributed by atoms with Gasteiger partial charge in [0.1, 0.15) is 13.2 Å². The van der Waals surface area contributed by atoms with Gasteiger partial charge in [-0.2, -0.15) is 0 Å². The molecule has 0 N–H and O–H groups in total. The van der Waals surface area contributed by atoms with Crippen molar-refractivity contribution in [1.29, 1.82) is 0 Å². The van der Waals surface area contributed by atoms with E-state index in [0.29, 0.717) is 13.2 Å². The molecule has 1 aromatic heterocycles. The van der Waals surface area contributed by atoms with Crippen molar-refractivity contribution in [3.05, 3.63) is 89.7 Å². The number of hydrogen-bond donors (Lipinski definition) is 0. The molecule has 4 heteroatoms. The van der Waals surface area contributed by atoms with E-state index in [1.54, 1.807) is 0 Å². The molecule has 0 saturated heterocycles. The fraction of sp³-hybridized carbons (Fsp3) is 0.208. The summed E-state index contributed by atoms with van der Waals surface area (Å²) in [6.45, 7) is 6.04. The van der Waals surface area contributed by atoms with Crippen LogP contribution in [0.2, 0.25) is 0 Å². The summed E-state index contributed by atoms with van der Waals surface area (Å²) in [5.74, 6) is 1.52. The Hall–Kier alpha value is -3.27. The first-order valence-corrected chi connectivity index (χ1v) is 9.51. The highest BCUT2D eigenvalue weighted by atomic mass is 16.5. The Labute approximate surface area is 165 Å². The van der Waals surface area contributed by atoms with Gasteiger partial charge in [-0.25, -0.2) is 4.98 Å². The maximum absolute atomic E-state index is 6.03. The molecule has 0 amide bonds. The SMILES string of the molecule is Cc1cc2ncn(CCOc3ccccc3OCc3ccccc3)c2cc1C. The van der Waals surface area contributed by atoms with Crippen LogP contribution in [-0.2, 0) is 13.2 Å². The third kappa shape index (κ3) is 4.01. The minimum absolute atomic E-state index is 0.520. The number of rotatable bonds is 7. The number of aromatic nitrogens is 2. The Morgan fingerprint density at radius 3 is 2.29 bits per heavy atom. The molecule has 0 radical (unpaired) electrons. The number of fused-ring (bicyclic) bond motifs is 1. The molecule has 0 spiro atoms. The molecule has 4 aromatic rings. The molecule has 142 valence electrons. The lowest BCUT2D eigenvalue weighted by molar-refractivity contribution is 0.255. The van der Waals surface area contributed by atoms with E-state index in [4.69, 9.17) is 9.47 Å². The summed E-state index contributed by atoms with van der Waals surface area (Å²) in [5.41, 5.74) is 5.83. The zero-order valence-corrected chi connectivity index (χ0v) is 16.3. The van der Waals surface area contributed by atoms with Crippen LogP contribution >= 0.6 is 0 Å². The van der Waals surface area contributed by atoms with Crippen LogP contribution in [0.4, 0.5) is 0 Å². The van der Waals surface area contributed by atoms with Crippen molar-refractivity contribution in [2.45, 2.75) is 27.0 Å². The van der Waals surface area contributed by atoms with Gasteiger partial charge >= 0.3 is 0 Å². The highest BCUT2D eigenvalue weighted by Crippen LogP contribution is 2.27. The summed E-state index contributed by atoms with van der Waals surface area (Å²) in [6.07, 6.45) is 1.88. The summed E-state index contributed by atoms with van der Waals surface area (Å²) in [6, 6.07) is 22.3. The average Bonchev–Trinajstić information content (AvgIpc) is 3.10. The predicted molar refractivity (Wildman–Crippen MR) is 112 cm³/mol. The van der Waals surface area contributed by atoms with Gasteiger partial charge in [-0.1, -0.05) is 42.5 Å². The maximum Gasteiger partial charge on any atom is 0.161 e. The van der Waals surface area contributed by atoms with Gasteiger partial charge in [0, 0.05) is 0 Å². The second-order valence-corrected chi connectivity index (χ2v) is 6.93. The van der Waals surface area contributed by atoms with E-state index in [1.165, 1.54) is 11.1 Å². The van der Waals surface area contributed by atoms with Gasteiger partial charge in [0.2, 0.25) is 0 Å². The Morgan fingerprint density at radius 1 is 0.821 bits per heavy atom. The molecular weight excluding hydrogens is 348 g/mol. The van der Waals surface area contributed by atoms with Gasteiger partial charge in [0.05, 0.1) is 23.9 Å². The smallest absolute Gasteiger partial charge is 0.161 e. The van der Waals surface area contributed by atoms with Crippen molar-refractivity contribution in [2.75, 3.05) is 6.61 Å². The zero-order valence-electron chi connectivity index (χ0n) is 16.3. The largest absolute Gasteiger partial charge is 0.488 e. The van der Waals surface area contributed by atoms with E-state index in [0.717, 1.165) is 34.6 Å². The Morgan fingerprint density at radius 2 is 1.50 bits per heavy atom. The lowest BCUT2D eigenvalue weighted by atomic mass is 10.1. The first kappa shape index (κ1) is 18.1. The summed E-state index contributed by atoms with van der Waals surface area (Å²) in [5, 5.41) is 0. The summed E-state index contributed by atoms with van der Waals surface area (Å²) < 4.78 is 14.1. The Balaban J connectivity index is 1.41. The molecule has 0 aliphatic rings. The van der Waals surface area contributed by atoms with Crippen LogP contribution in [0.5, 0.6) is 11.5 Å². The molecule has 0 bridgehead atoms. The minimum Gasteiger partial charge on any atom is -0.488 e. The van der Waals surface area contributed by atoms with E-state index >= 15 is 0 Å². The number of imidazole rings is 1. The van der Waals surface area contributed by atoms with Crippen LogP contribution in [0, 0.1) is 13.8 Å². The minimum atomic E-state index is 0.520. The van der Waals surface area contributed by atoms with E-state index in [1.807, 2.05) is 48.8 Å². The van der Waals surface area contributed by atoms with Crippen molar-refractivity contribution in [3.63, 3.8) is 0 Å². The van der Waals surface area contributed by atoms with Crippen LogP contribution in [0.15, 0.2) is 73.1 Å². The summed E-state index contributed by atoms with van der Waals surface area (Å²) >= 11 is 0. The molecular formula is C24H24N2O2. The van der Waals surface area contributed by atoms with Gasteiger partial charge in [-0.3, -0.25) is 0 Å². The van der Waals surface area contributed by atoms with Crippen LogP contribution in [-0.4, -0.2) is 16.2 Å². The van der Waals surface area contributed by atoms with Crippen molar-refractivity contribution in [1.82, 2.24) is 9.55 Å². The number of hydrogen-bond acceptors (Lipinski definition) is 3. The highest BCUT2D eigenvalue weighted by molar-refractivity contribution is 5.77. The van der Waals surface area contributed by atoms with Crippen LogP contribution in [0.1, 0.15) is 16.7 Å². The topological polar surface area (TPSA) is 36.3 Å². The fourth-order valence-electron chi connectivity index (χ4n) is 3.17. The number of para-hydroxylation sites is 2. The fourth-order valence-corrected chi connectivity index (χ4v) is 3.17. The van der Waals surface area contributed by atoms with Gasteiger partial charge < -0.3 is 14.0 Å². The van der Waals surface area contributed by atoms with Crippen molar-refractivity contribution in [3.8, 4) is 11.5 Å². The molecule has 0 aliphatic carbocycles. The normalized spacial score (nSPS) is 10.9. The average molecular weight is 372 g/mol. The van der Waals surface area contributed by atoms with Crippen molar-refractivity contribution in [2.24, 2.45) is 0 Å². The van der Waals surface area contributed by atoms with Crippen LogP contribution < -0.4 is 9.47 Å². The van der Waals surface area contributed by atoms with Gasteiger partial charge in [0.15, 0.2) is 11.5 Å². The second-order valence-electron chi connectivity index (χ2n) is 6.93. The van der Waals surface area contributed by atoms with E-state index in [-0.39, 0.29) is 0 Å². The monoisotopic (exact) mass is 372 g/mol. The lowest BCUT2D eigenvalue weighted by Crippen LogP contribution is -2.08. The molecule has 0 saturated carbocycles. The molecule has 4 rings (SSSR count). The van der Waals surface area contributed by atoms with Gasteiger partial charge in [-0.15, -0.1) is 0 Å². The van der Waals surface area contributed by atoms with Crippen molar-refractivity contribution < 1.29 is 9.47 Å². The predicted octanol–water partition coefficient (Wildman–Crippen LogP) is 5.31. The third-order valence-electron chi connectivity index (χ3n) is 4.91. The number of nitrogens with zero attached hydrogens (tertiary/aromatic N) is 2. The molecule has 0 unspecified atom stereocenters. The maximum atomic E-state index is 6.03. The van der Waals surface area contributed by atoms with E-state index in [9.17, 15) is 0 Å². The number of aryl methyl sites for hydroxylation is 2. The van der Waals surface area contributed by atoms with Gasteiger partial charge in [0.25, 0.3) is 0 Å². The zero-order chi connectivity index (χ0) is 19.3. The quantitative estimate of drug-likeness (QED) is 0.441. The lowest BCUT2D eigenvalue weighted by Gasteiger charge is -2.13. The number of ether oxygens (including phenoxy) is 2. The Kier molecular flexibility index (Phi) is 5.29. The molecule has 0 fully saturated rings. The molecule has 3 aromatic carbocycles. The van der Waals surface area contributed by atoms with Crippen molar-refractivity contribution >= 4 is 11.0 Å². The van der Waals surface area contributed by atoms with E-state index in [2.05, 4.69) is 47.7 Å². The highest BCUT2D eigenvalue weighted by Gasteiger charge is 2.07. The second kappa shape index (κ2) is 8.17. The number of benzene rings is 3.